The number of rotatable bonds is 2. The minimum absolute atomic E-state index is 0.140. The van der Waals surface area contributed by atoms with Crippen LogP contribution >= 0.6 is 0 Å². The lowest BCUT2D eigenvalue weighted by Crippen LogP contribution is -2.54. The Morgan fingerprint density at radius 3 is 2.33 bits per heavy atom. The van der Waals surface area contributed by atoms with Gasteiger partial charge in [0, 0.05) is 32.2 Å². The van der Waals surface area contributed by atoms with Crippen LogP contribution in [0.1, 0.15) is 20.7 Å². The maximum atomic E-state index is 12.1. The molecule has 0 bridgehead atoms. The van der Waals surface area contributed by atoms with Crippen molar-refractivity contribution < 1.29 is 9.59 Å². The second-order valence-corrected chi connectivity index (χ2v) is 4.62. The summed E-state index contributed by atoms with van der Waals surface area (Å²) in [7, 11) is 0. The Kier molecular flexibility index (Phi) is 2.85. The lowest BCUT2D eigenvalue weighted by atomic mass is 10.1. The van der Waals surface area contributed by atoms with Crippen LogP contribution in [0.5, 0.6) is 0 Å². The van der Waals surface area contributed by atoms with Crippen molar-refractivity contribution >= 4 is 11.8 Å². The van der Waals surface area contributed by atoms with Crippen LogP contribution in [0.15, 0.2) is 24.3 Å². The molecule has 2 N–H and O–H groups in total. The first kappa shape index (κ1) is 11.4. The van der Waals surface area contributed by atoms with Gasteiger partial charge in [0.1, 0.15) is 0 Å². The Balaban J connectivity index is 1.79. The molecule has 2 aliphatic rings. The van der Waals surface area contributed by atoms with Gasteiger partial charge in [-0.15, -0.1) is 0 Å². The summed E-state index contributed by atoms with van der Waals surface area (Å²) >= 11 is 0. The molecule has 18 heavy (non-hydrogen) atoms. The molecule has 2 heterocycles. The van der Waals surface area contributed by atoms with E-state index >= 15 is 0 Å². The molecular formula is C13H15N3O2. The lowest BCUT2D eigenvalue weighted by molar-refractivity contribution is 0.0635. The van der Waals surface area contributed by atoms with Gasteiger partial charge in [-0.25, -0.2) is 0 Å². The van der Waals surface area contributed by atoms with E-state index in [1.165, 1.54) is 4.90 Å². The summed E-state index contributed by atoms with van der Waals surface area (Å²) in [5, 5.41) is 6.55. The number of piperazine rings is 1. The number of carbonyl (C=O) groups is 2. The van der Waals surface area contributed by atoms with Crippen LogP contribution in [0.3, 0.4) is 0 Å². The molecular weight excluding hydrogens is 230 g/mol. The Morgan fingerprint density at radius 1 is 1.11 bits per heavy atom. The van der Waals surface area contributed by atoms with Gasteiger partial charge in [0.05, 0.1) is 11.1 Å². The number of benzene rings is 1. The van der Waals surface area contributed by atoms with Crippen LogP contribution in [0.2, 0.25) is 0 Å². The predicted molar refractivity (Wildman–Crippen MR) is 66.5 cm³/mol. The van der Waals surface area contributed by atoms with Crippen molar-refractivity contribution in [2.24, 2.45) is 0 Å². The quantitative estimate of drug-likeness (QED) is 0.711. The average Bonchev–Trinajstić information content (AvgIpc) is 2.66. The van der Waals surface area contributed by atoms with Crippen molar-refractivity contribution in [2.45, 2.75) is 6.04 Å². The average molecular weight is 245 g/mol. The summed E-state index contributed by atoms with van der Waals surface area (Å²) < 4.78 is 0. The molecule has 1 aromatic rings. The third kappa shape index (κ3) is 1.81. The third-order valence-electron chi connectivity index (χ3n) is 3.41. The predicted octanol–water partition coefficient (Wildman–Crippen LogP) is -0.156. The Labute approximate surface area is 105 Å². The van der Waals surface area contributed by atoms with Gasteiger partial charge in [-0.3, -0.25) is 14.5 Å². The monoisotopic (exact) mass is 245 g/mol. The van der Waals surface area contributed by atoms with Crippen molar-refractivity contribution in [1.82, 2.24) is 15.5 Å². The van der Waals surface area contributed by atoms with Crippen LogP contribution in [0.4, 0.5) is 0 Å². The minimum Gasteiger partial charge on any atom is -0.314 e. The summed E-state index contributed by atoms with van der Waals surface area (Å²) in [5.74, 6) is -0.356. The SMILES string of the molecule is O=C1c2ccccc2C(=O)N1CC1CNCCN1. The number of hydrogen-bond donors (Lipinski definition) is 2. The first-order valence-electron chi connectivity index (χ1n) is 6.16. The minimum atomic E-state index is -0.178. The molecule has 1 fully saturated rings. The fourth-order valence-electron chi connectivity index (χ4n) is 2.47. The standard InChI is InChI=1S/C13H15N3O2/c17-12-10-3-1-2-4-11(10)13(18)16(12)8-9-7-14-5-6-15-9/h1-4,9,14-15H,5-8H2. The van der Waals surface area contributed by atoms with Crippen molar-refractivity contribution in [1.29, 1.82) is 0 Å². The molecule has 0 spiro atoms. The molecule has 0 aromatic heterocycles. The molecule has 0 radical (unpaired) electrons. The number of fused-ring (bicyclic) bond motifs is 1. The zero-order chi connectivity index (χ0) is 12.5. The molecule has 0 saturated carbocycles. The first-order valence-corrected chi connectivity index (χ1v) is 6.16. The number of imide groups is 1. The van der Waals surface area contributed by atoms with Crippen LogP contribution in [0, 0.1) is 0 Å². The highest BCUT2D eigenvalue weighted by atomic mass is 16.2. The molecule has 3 rings (SSSR count). The summed E-state index contributed by atoms with van der Waals surface area (Å²) in [6, 6.07) is 7.13. The van der Waals surface area contributed by atoms with Crippen molar-refractivity contribution in [2.75, 3.05) is 26.2 Å². The van der Waals surface area contributed by atoms with Crippen molar-refractivity contribution in [3.8, 4) is 0 Å². The van der Waals surface area contributed by atoms with Gasteiger partial charge >= 0.3 is 0 Å². The molecule has 1 aromatic carbocycles. The zero-order valence-electron chi connectivity index (χ0n) is 9.98. The van der Waals surface area contributed by atoms with Crippen LogP contribution in [-0.2, 0) is 0 Å². The van der Waals surface area contributed by atoms with Crippen LogP contribution in [-0.4, -0.2) is 48.9 Å². The van der Waals surface area contributed by atoms with E-state index in [9.17, 15) is 9.59 Å². The van der Waals surface area contributed by atoms with E-state index in [0.717, 1.165) is 19.6 Å². The number of nitrogens with one attached hydrogen (secondary N) is 2. The smallest absolute Gasteiger partial charge is 0.261 e. The Bertz CT molecular complexity index is 460. The fourth-order valence-corrected chi connectivity index (χ4v) is 2.47. The largest absolute Gasteiger partial charge is 0.314 e. The number of hydrogen-bond acceptors (Lipinski definition) is 4. The van der Waals surface area contributed by atoms with Crippen molar-refractivity contribution in [3.63, 3.8) is 0 Å². The molecule has 1 saturated heterocycles. The van der Waals surface area contributed by atoms with Crippen LogP contribution in [0.25, 0.3) is 0 Å². The Hall–Kier alpha value is -1.72. The van der Waals surface area contributed by atoms with Gasteiger partial charge < -0.3 is 10.6 Å². The summed E-state index contributed by atoms with van der Waals surface area (Å²) in [5.41, 5.74) is 1.04. The number of nitrogens with zero attached hydrogens (tertiary/aromatic N) is 1. The van der Waals surface area contributed by atoms with E-state index in [1.54, 1.807) is 24.3 Å². The van der Waals surface area contributed by atoms with Gasteiger partial charge in [0.2, 0.25) is 0 Å². The second kappa shape index (κ2) is 4.51. The van der Waals surface area contributed by atoms with Gasteiger partial charge in [-0.05, 0) is 12.1 Å². The van der Waals surface area contributed by atoms with E-state index in [1.807, 2.05) is 0 Å². The number of amides is 2. The highest BCUT2D eigenvalue weighted by Crippen LogP contribution is 2.22. The van der Waals surface area contributed by atoms with Crippen LogP contribution < -0.4 is 10.6 Å². The topological polar surface area (TPSA) is 61.4 Å². The van der Waals surface area contributed by atoms with Gasteiger partial charge in [-0.2, -0.15) is 0 Å². The fraction of sp³-hybridized carbons (Fsp3) is 0.385. The number of carbonyl (C=O) groups excluding carboxylic acids is 2. The van der Waals surface area contributed by atoms with E-state index in [-0.39, 0.29) is 17.9 Å². The van der Waals surface area contributed by atoms with Gasteiger partial charge in [0.25, 0.3) is 11.8 Å². The summed E-state index contributed by atoms with van der Waals surface area (Å²) in [6.45, 7) is 3.01. The molecule has 2 aliphatic heterocycles. The molecule has 5 heteroatoms. The van der Waals surface area contributed by atoms with E-state index in [4.69, 9.17) is 0 Å². The van der Waals surface area contributed by atoms with Crippen molar-refractivity contribution in [3.05, 3.63) is 35.4 Å². The second-order valence-electron chi connectivity index (χ2n) is 4.62. The molecule has 1 unspecified atom stereocenters. The molecule has 94 valence electrons. The van der Waals surface area contributed by atoms with Gasteiger partial charge in [-0.1, -0.05) is 12.1 Å². The lowest BCUT2D eigenvalue weighted by Gasteiger charge is -2.27. The maximum Gasteiger partial charge on any atom is 0.261 e. The molecule has 0 aliphatic carbocycles. The molecule has 5 nitrogen and oxygen atoms in total. The highest BCUT2D eigenvalue weighted by Gasteiger charge is 2.36. The molecule has 1 atom stereocenters. The highest BCUT2D eigenvalue weighted by molar-refractivity contribution is 6.21. The molecule has 2 amide bonds. The summed E-state index contributed by atoms with van der Waals surface area (Å²) in [4.78, 5) is 25.6. The van der Waals surface area contributed by atoms with E-state index in [2.05, 4.69) is 10.6 Å². The maximum absolute atomic E-state index is 12.1. The van der Waals surface area contributed by atoms with E-state index < -0.39 is 0 Å². The summed E-state index contributed by atoms with van der Waals surface area (Å²) in [6.07, 6.45) is 0. The third-order valence-corrected chi connectivity index (χ3v) is 3.41. The zero-order valence-corrected chi connectivity index (χ0v) is 9.98. The van der Waals surface area contributed by atoms with E-state index in [0.29, 0.717) is 17.7 Å². The first-order chi connectivity index (χ1) is 8.77. The Morgan fingerprint density at radius 2 is 1.78 bits per heavy atom. The normalized spacial score (nSPS) is 23.3. The van der Waals surface area contributed by atoms with Gasteiger partial charge in [0.15, 0.2) is 0 Å².